The van der Waals surface area contributed by atoms with Gasteiger partial charge in [-0.2, -0.15) is 4.37 Å². The van der Waals surface area contributed by atoms with E-state index in [0.717, 1.165) is 28.5 Å². The molecule has 0 saturated carbocycles. The molecule has 2 aromatic heterocycles. The van der Waals surface area contributed by atoms with Crippen molar-refractivity contribution in [1.82, 2.24) is 14.3 Å². The second kappa shape index (κ2) is 4.46. The number of hydrogen-bond acceptors (Lipinski definition) is 5. The molecule has 2 aromatic rings. The Morgan fingerprint density at radius 2 is 2.33 bits per heavy atom. The number of rotatable bonds is 3. The van der Waals surface area contributed by atoms with Crippen LogP contribution < -0.4 is 5.73 Å². The molecule has 0 aliphatic heterocycles. The molecule has 0 spiro atoms. The van der Waals surface area contributed by atoms with Gasteiger partial charge in [-0.15, -0.1) is 0 Å². The summed E-state index contributed by atoms with van der Waals surface area (Å²) in [5, 5.41) is 0.988. The van der Waals surface area contributed by atoms with Crippen molar-refractivity contribution in [1.29, 1.82) is 0 Å². The van der Waals surface area contributed by atoms with Crippen LogP contribution in [0.4, 0.5) is 0 Å². The first-order chi connectivity index (χ1) is 7.29. The van der Waals surface area contributed by atoms with Crippen LogP contribution in [-0.2, 0) is 6.42 Å². The summed E-state index contributed by atoms with van der Waals surface area (Å²) in [7, 11) is 0. The third kappa shape index (κ3) is 2.37. The quantitative estimate of drug-likeness (QED) is 0.849. The van der Waals surface area contributed by atoms with Crippen LogP contribution in [0.3, 0.4) is 0 Å². The zero-order chi connectivity index (χ0) is 10.7. The molecule has 0 radical (unpaired) electrons. The number of aryl methyl sites for hydroxylation is 1. The van der Waals surface area contributed by atoms with E-state index in [1.54, 1.807) is 6.20 Å². The van der Waals surface area contributed by atoms with E-state index in [4.69, 9.17) is 5.73 Å². The summed E-state index contributed by atoms with van der Waals surface area (Å²) in [5.74, 6) is 0.772. The maximum Gasteiger partial charge on any atom is 0.173 e. The number of nitrogens with two attached hydrogens (primary N) is 1. The lowest BCUT2D eigenvalue weighted by atomic mass is 10.2. The van der Waals surface area contributed by atoms with Crippen LogP contribution >= 0.6 is 11.5 Å². The highest BCUT2D eigenvalue weighted by Crippen LogP contribution is 2.18. The Kier molecular flexibility index (Phi) is 3.03. The van der Waals surface area contributed by atoms with E-state index in [-0.39, 0.29) is 0 Å². The molecule has 78 valence electrons. The Balaban J connectivity index is 2.29. The van der Waals surface area contributed by atoms with Crippen LogP contribution in [0.1, 0.15) is 10.7 Å². The van der Waals surface area contributed by atoms with Gasteiger partial charge in [0.05, 0.1) is 0 Å². The molecule has 5 heteroatoms. The van der Waals surface area contributed by atoms with E-state index >= 15 is 0 Å². The van der Waals surface area contributed by atoms with Crippen molar-refractivity contribution in [2.45, 2.75) is 13.3 Å². The molecule has 2 rings (SSSR count). The Labute approximate surface area is 92.4 Å². The van der Waals surface area contributed by atoms with Gasteiger partial charge in [0.1, 0.15) is 5.01 Å². The number of hydrogen-bond donors (Lipinski definition) is 1. The van der Waals surface area contributed by atoms with Gasteiger partial charge in [-0.3, -0.25) is 4.98 Å². The first-order valence-electron chi connectivity index (χ1n) is 4.75. The lowest BCUT2D eigenvalue weighted by Gasteiger charge is -1.95. The summed E-state index contributed by atoms with van der Waals surface area (Å²) in [6.07, 6.45) is 2.57. The van der Waals surface area contributed by atoms with Crippen molar-refractivity contribution < 1.29 is 0 Å². The average Bonchev–Trinajstić information content (AvgIpc) is 2.67. The summed E-state index contributed by atoms with van der Waals surface area (Å²) in [6, 6.07) is 3.90. The van der Waals surface area contributed by atoms with Gasteiger partial charge in [0.25, 0.3) is 0 Å². The summed E-state index contributed by atoms with van der Waals surface area (Å²) in [6.45, 7) is 2.57. The summed E-state index contributed by atoms with van der Waals surface area (Å²) >= 11 is 1.41. The predicted octanol–water partition coefficient (Wildman–Crippen LogP) is 1.41. The lowest BCUT2D eigenvalue weighted by Crippen LogP contribution is -2.01. The van der Waals surface area contributed by atoms with Crippen LogP contribution in [0.2, 0.25) is 0 Å². The molecule has 4 nitrogen and oxygen atoms in total. The first kappa shape index (κ1) is 10.2. The lowest BCUT2D eigenvalue weighted by molar-refractivity contribution is 0.953. The Bertz CT molecular complexity index is 452. The minimum Gasteiger partial charge on any atom is -0.330 e. The van der Waals surface area contributed by atoms with Crippen LogP contribution in [0.25, 0.3) is 11.4 Å². The summed E-state index contributed by atoms with van der Waals surface area (Å²) in [4.78, 5) is 8.55. The first-order valence-corrected chi connectivity index (χ1v) is 5.52. The summed E-state index contributed by atoms with van der Waals surface area (Å²) < 4.78 is 4.29. The molecule has 0 aromatic carbocycles. The van der Waals surface area contributed by atoms with Crippen molar-refractivity contribution in [3.8, 4) is 11.4 Å². The largest absolute Gasteiger partial charge is 0.330 e. The molecule has 0 aliphatic carbocycles. The molecule has 0 amide bonds. The highest BCUT2D eigenvalue weighted by atomic mass is 32.1. The highest BCUT2D eigenvalue weighted by Gasteiger charge is 2.05. The zero-order valence-corrected chi connectivity index (χ0v) is 9.29. The molecule has 15 heavy (non-hydrogen) atoms. The monoisotopic (exact) mass is 220 g/mol. The molecule has 0 aliphatic rings. The number of pyridine rings is 1. The van der Waals surface area contributed by atoms with Gasteiger partial charge in [0.15, 0.2) is 5.82 Å². The van der Waals surface area contributed by atoms with E-state index < -0.39 is 0 Å². The molecular weight excluding hydrogens is 208 g/mol. The Morgan fingerprint density at radius 3 is 3.07 bits per heavy atom. The molecular formula is C10H12N4S. The number of nitrogens with zero attached hydrogens (tertiary/aromatic N) is 3. The Morgan fingerprint density at radius 1 is 1.47 bits per heavy atom. The second-order valence-corrected chi connectivity index (χ2v) is 4.07. The molecule has 2 N–H and O–H groups in total. The van der Waals surface area contributed by atoms with Gasteiger partial charge in [-0.1, -0.05) is 0 Å². The third-order valence-corrected chi connectivity index (χ3v) is 2.75. The topological polar surface area (TPSA) is 64.7 Å². The van der Waals surface area contributed by atoms with Gasteiger partial charge >= 0.3 is 0 Å². The van der Waals surface area contributed by atoms with Crippen LogP contribution in [0.5, 0.6) is 0 Å². The van der Waals surface area contributed by atoms with Crippen LogP contribution in [0, 0.1) is 6.92 Å². The second-order valence-electron chi connectivity index (χ2n) is 3.24. The van der Waals surface area contributed by atoms with Crippen molar-refractivity contribution >= 4 is 11.5 Å². The average molecular weight is 220 g/mol. The highest BCUT2D eigenvalue weighted by molar-refractivity contribution is 7.05. The smallest absolute Gasteiger partial charge is 0.173 e. The molecule has 2 heterocycles. The third-order valence-electron chi connectivity index (χ3n) is 1.98. The van der Waals surface area contributed by atoms with E-state index in [0.29, 0.717) is 6.54 Å². The minimum absolute atomic E-state index is 0.615. The van der Waals surface area contributed by atoms with Gasteiger partial charge < -0.3 is 5.73 Å². The van der Waals surface area contributed by atoms with Crippen molar-refractivity contribution in [2.24, 2.45) is 5.73 Å². The number of aromatic nitrogens is 3. The van der Waals surface area contributed by atoms with Gasteiger partial charge in [0.2, 0.25) is 0 Å². The van der Waals surface area contributed by atoms with Gasteiger partial charge in [0, 0.05) is 23.9 Å². The molecule has 0 fully saturated rings. The van der Waals surface area contributed by atoms with Gasteiger partial charge in [-0.25, -0.2) is 4.98 Å². The maximum atomic E-state index is 5.46. The molecule has 0 saturated heterocycles. The van der Waals surface area contributed by atoms with Crippen molar-refractivity contribution in [3.63, 3.8) is 0 Å². The SMILES string of the molecule is Cc1cc(-c2nsc(CCN)n2)ccn1. The van der Waals surface area contributed by atoms with Crippen LogP contribution in [-0.4, -0.2) is 20.9 Å². The van der Waals surface area contributed by atoms with Crippen LogP contribution in [0.15, 0.2) is 18.3 Å². The van der Waals surface area contributed by atoms with E-state index in [2.05, 4.69) is 14.3 Å². The molecule has 0 atom stereocenters. The van der Waals surface area contributed by atoms with E-state index in [1.165, 1.54) is 11.5 Å². The normalized spacial score (nSPS) is 10.5. The fraction of sp³-hybridized carbons (Fsp3) is 0.300. The predicted molar refractivity (Wildman–Crippen MR) is 60.6 cm³/mol. The molecule has 0 bridgehead atoms. The minimum atomic E-state index is 0.615. The van der Waals surface area contributed by atoms with Crippen molar-refractivity contribution in [3.05, 3.63) is 29.0 Å². The fourth-order valence-corrected chi connectivity index (χ4v) is 1.96. The van der Waals surface area contributed by atoms with E-state index in [1.807, 2.05) is 19.1 Å². The summed E-state index contributed by atoms with van der Waals surface area (Å²) in [5.41, 5.74) is 7.45. The van der Waals surface area contributed by atoms with Gasteiger partial charge in [-0.05, 0) is 37.1 Å². The maximum absolute atomic E-state index is 5.46. The Hall–Kier alpha value is -1.33. The van der Waals surface area contributed by atoms with Crippen molar-refractivity contribution in [2.75, 3.05) is 6.54 Å². The zero-order valence-electron chi connectivity index (χ0n) is 8.47. The molecule has 0 unspecified atom stereocenters. The fourth-order valence-electron chi connectivity index (χ4n) is 1.28. The van der Waals surface area contributed by atoms with E-state index in [9.17, 15) is 0 Å². The standard InChI is InChI=1S/C10H12N4S/c1-7-6-8(3-5-12-7)10-13-9(2-4-11)15-14-10/h3,5-6H,2,4,11H2,1H3.